The van der Waals surface area contributed by atoms with Gasteiger partial charge >= 0.3 is 6.03 Å². The van der Waals surface area contributed by atoms with Crippen LogP contribution in [-0.2, 0) is 13.6 Å². The lowest BCUT2D eigenvalue weighted by molar-refractivity contribution is 0.236. The number of carbonyl (C=O) groups is 1. The quantitative estimate of drug-likeness (QED) is 0.806. The summed E-state index contributed by atoms with van der Waals surface area (Å²) in [6, 6.07) is 2.18. The van der Waals surface area contributed by atoms with Crippen molar-refractivity contribution in [3.05, 3.63) is 18.0 Å². The normalized spacial score (nSPS) is 16.3. The van der Waals surface area contributed by atoms with Crippen LogP contribution in [0.4, 0.5) is 4.79 Å². The topological polar surface area (TPSA) is 59.0 Å². The number of aryl methyl sites for hydroxylation is 1. The molecule has 1 heterocycles. The molecular formula is C11H18N4O. The van der Waals surface area contributed by atoms with Crippen molar-refractivity contribution in [1.82, 2.24) is 20.4 Å². The Morgan fingerprint density at radius 3 is 2.94 bits per heavy atom. The number of amides is 2. The van der Waals surface area contributed by atoms with E-state index in [1.165, 1.54) is 12.8 Å². The van der Waals surface area contributed by atoms with Crippen molar-refractivity contribution in [2.45, 2.75) is 38.3 Å². The maximum absolute atomic E-state index is 11.5. The van der Waals surface area contributed by atoms with Crippen molar-refractivity contribution < 1.29 is 4.79 Å². The highest BCUT2D eigenvalue weighted by Crippen LogP contribution is 2.17. The van der Waals surface area contributed by atoms with E-state index in [-0.39, 0.29) is 6.03 Å². The first kappa shape index (κ1) is 11.0. The standard InChI is InChI=1S/C11H18N4O/c1-15-7-6-10(14-15)8-12-11(16)13-9-4-2-3-5-9/h6-7,9H,2-5,8H2,1H3,(H2,12,13,16). The van der Waals surface area contributed by atoms with Gasteiger partial charge in [-0.25, -0.2) is 4.79 Å². The van der Waals surface area contributed by atoms with E-state index in [0.29, 0.717) is 12.6 Å². The summed E-state index contributed by atoms with van der Waals surface area (Å²) in [6.07, 6.45) is 6.54. The number of nitrogens with zero attached hydrogens (tertiary/aromatic N) is 2. The fourth-order valence-corrected chi connectivity index (χ4v) is 2.03. The van der Waals surface area contributed by atoms with Crippen LogP contribution in [0.15, 0.2) is 12.3 Å². The zero-order chi connectivity index (χ0) is 11.4. The van der Waals surface area contributed by atoms with Crippen molar-refractivity contribution in [1.29, 1.82) is 0 Å². The maximum Gasteiger partial charge on any atom is 0.315 e. The molecule has 5 heteroatoms. The minimum atomic E-state index is -0.0856. The number of carbonyl (C=O) groups excluding carboxylic acids is 1. The minimum Gasteiger partial charge on any atom is -0.335 e. The molecule has 2 rings (SSSR count). The van der Waals surface area contributed by atoms with Crippen LogP contribution in [0.25, 0.3) is 0 Å². The van der Waals surface area contributed by atoms with E-state index in [1.807, 2.05) is 19.3 Å². The number of aromatic nitrogens is 2. The smallest absolute Gasteiger partial charge is 0.315 e. The third-order valence-corrected chi connectivity index (χ3v) is 2.89. The summed E-state index contributed by atoms with van der Waals surface area (Å²) in [7, 11) is 1.86. The molecule has 0 aromatic carbocycles. The van der Waals surface area contributed by atoms with E-state index in [9.17, 15) is 4.79 Å². The van der Waals surface area contributed by atoms with E-state index in [4.69, 9.17) is 0 Å². The first-order valence-corrected chi connectivity index (χ1v) is 5.77. The molecule has 1 aromatic rings. The van der Waals surface area contributed by atoms with Crippen LogP contribution >= 0.6 is 0 Å². The first-order chi connectivity index (χ1) is 7.74. The number of rotatable bonds is 3. The zero-order valence-electron chi connectivity index (χ0n) is 9.57. The van der Waals surface area contributed by atoms with Crippen LogP contribution < -0.4 is 10.6 Å². The lowest BCUT2D eigenvalue weighted by atomic mass is 10.2. The predicted octanol–water partition coefficient (Wildman–Crippen LogP) is 1.16. The Kier molecular flexibility index (Phi) is 3.44. The van der Waals surface area contributed by atoms with Crippen LogP contribution in [0.3, 0.4) is 0 Å². The van der Waals surface area contributed by atoms with E-state index in [2.05, 4.69) is 15.7 Å². The summed E-state index contributed by atoms with van der Waals surface area (Å²) in [5, 5.41) is 9.97. The lowest BCUT2D eigenvalue weighted by Gasteiger charge is -2.12. The molecule has 5 nitrogen and oxygen atoms in total. The highest BCUT2D eigenvalue weighted by Gasteiger charge is 2.16. The number of hydrogen-bond acceptors (Lipinski definition) is 2. The molecule has 1 aromatic heterocycles. The third kappa shape index (κ3) is 2.98. The number of nitrogens with one attached hydrogen (secondary N) is 2. The van der Waals surface area contributed by atoms with Crippen molar-refractivity contribution in [3.8, 4) is 0 Å². The lowest BCUT2D eigenvalue weighted by Crippen LogP contribution is -2.40. The number of urea groups is 1. The summed E-state index contributed by atoms with van der Waals surface area (Å²) < 4.78 is 1.73. The van der Waals surface area contributed by atoms with Gasteiger partial charge in [0.15, 0.2) is 0 Å². The van der Waals surface area contributed by atoms with E-state index < -0.39 is 0 Å². The molecule has 2 N–H and O–H groups in total. The largest absolute Gasteiger partial charge is 0.335 e. The van der Waals surface area contributed by atoms with E-state index >= 15 is 0 Å². The molecule has 0 aliphatic heterocycles. The average Bonchev–Trinajstić information content (AvgIpc) is 2.87. The zero-order valence-corrected chi connectivity index (χ0v) is 9.57. The molecule has 88 valence electrons. The van der Waals surface area contributed by atoms with Gasteiger partial charge in [-0.3, -0.25) is 4.68 Å². The van der Waals surface area contributed by atoms with Crippen LogP contribution in [0, 0.1) is 0 Å². The molecule has 0 saturated heterocycles. The SMILES string of the molecule is Cn1ccc(CNC(=O)NC2CCCC2)n1. The Morgan fingerprint density at radius 1 is 1.56 bits per heavy atom. The molecule has 2 amide bonds. The van der Waals surface area contributed by atoms with E-state index in [1.54, 1.807) is 4.68 Å². The highest BCUT2D eigenvalue weighted by molar-refractivity contribution is 5.74. The van der Waals surface area contributed by atoms with Gasteiger partial charge in [-0.05, 0) is 18.9 Å². The molecule has 0 atom stereocenters. The minimum absolute atomic E-state index is 0.0856. The van der Waals surface area contributed by atoms with Gasteiger partial charge in [0.1, 0.15) is 0 Å². The van der Waals surface area contributed by atoms with Gasteiger partial charge in [-0.15, -0.1) is 0 Å². The Morgan fingerprint density at radius 2 is 2.31 bits per heavy atom. The van der Waals surface area contributed by atoms with Gasteiger partial charge in [-0.2, -0.15) is 5.10 Å². The van der Waals surface area contributed by atoms with Crippen LogP contribution in [0.5, 0.6) is 0 Å². The molecule has 1 saturated carbocycles. The molecule has 1 aliphatic carbocycles. The number of hydrogen-bond donors (Lipinski definition) is 2. The van der Waals surface area contributed by atoms with Crippen molar-refractivity contribution in [2.24, 2.45) is 7.05 Å². The van der Waals surface area contributed by atoms with Crippen LogP contribution in [0.1, 0.15) is 31.4 Å². The van der Waals surface area contributed by atoms with Gasteiger partial charge in [-0.1, -0.05) is 12.8 Å². The van der Waals surface area contributed by atoms with E-state index in [0.717, 1.165) is 18.5 Å². The van der Waals surface area contributed by atoms with Crippen molar-refractivity contribution in [2.75, 3.05) is 0 Å². The fourth-order valence-electron chi connectivity index (χ4n) is 2.03. The molecule has 16 heavy (non-hydrogen) atoms. The average molecular weight is 222 g/mol. The van der Waals surface area contributed by atoms with Gasteiger partial charge in [0.2, 0.25) is 0 Å². The third-order valence-electron chi connectivity index (χ3n) is 2.89. The summed E-state index contributed by atoms with van der Waals surface area (Å²) in [5.41, 5.74) is 0.879. The van der Waals surface area contributed by atoms with Gasteiger partial charge in [0.25, 0.3) is 0 Å². The second-order valence-electron chi connectivity index (χ2n) is 4.29. The summed E-state index contributed by atoms with van der Waals surface area (Å²) in [4.78, 5) is 11.5. The summed E-state index contributed by atoms with van der Waals surface area (Å²) in [6.45, 7) is 0.486. The van der Waals surface area contributed by atoms with Gasteiger partial charge < -0.3 is 10.6 Å². The summed E-state index contributed by atoms with van der Waals surface area (Å²) >= 11 is 0. The summed E-state index contributed by atoms with van der Waals surface area (Å²) in [5.74, 6) is 0. The Hall–Kier alpha value is -1.52. The second-order valence-corrected chi connectivity index (χ2v) is 4.29. The molecule has 0 radical (unpaired) electrons. The molecule has 1 aliphatic rings. The van der Waals surface area contributed by atoms with Crippen molar-refractivity contribution >= 4 is 6.03 Å². The molecule has 0 spiro atoms. The Balaban J connectivity index is 1.71. The second kappa shape index (κ2) is 5.01. The highest BCUT2D eigenvalue weighted by atomic mass is 16.2. The van der Waals surface area contributed by atoms with Gasteiger partial charge in [0.05, 0.1) is 12.2 Å². The molecule has 0 unspecified atom stereocenters. The molecule has 1 fully saturated rings. The van der Waals surface area contributed by atoms with Crippen molar-refractivity contribution in [3.63, 3.8) is 0 Å². The van der Waals surface area contributed by atoms with Crippen LogP contribution in [-0.4, -0.2) is 21.9 Å². The van der Waals surface area contributed by atoms with Crippen LogP contribution in [0.2, 0.25) is 0 Å². The fraction of sp³-hybridized carbons (Fsp3) is 0.636. The monoisotopic (exact) mass is 222 g/mol. The molecule has 0 bridgehead atoms. The Bertz CT molecular complexity index is 355. The first-order valence-electron chi connectivity index (χ1n) is 5.77. The van der Waals surface area contributed by atoms with Gasteiger partial charge in [0, 0.05) is 19.3 Å². The predicted molar refractivity (Wildman–Crippen MR) is 60.8 cm³/mol. The molecular weight excluding hydrogens is 204 g/mol. The maximum atomic E-state index is 11.5. The Labute approximate surface area is 95.2 Å².